The van der Waals surface area contributed by atoms with Crippen LogP contribution in [-0.2, 0) is 6.42 Å². The highest BCUT2D eigenvalue weighted by atomic mass is 16.2. The van der Waals surface area contributed by atoms with Crippen LogP contribution in [0, 0.1) is 25.2 Å². The molecule has 1 aromatic rings. The molecule has 0 saturated heterocycles. The molecule has 1 aromatic carbocycles. The maximum Gasteiger partial charge on any atom is 0.0994 e. The highest BCUT2D eigenvalue weighted by Crippen LogP contribution is 2.16. The van der Waals surface area contributed by atoms with Gasteiger partial charge in [0.05, 0.1) is 11.6 Å². The number of aliphatic hydroxyl groups is 1. The Kier molecular flexibility index (Phi) is 3.67. The summed E-state index contributed by atoms with van der Waals surface area (Å²) in [5, 5.41) is 17.6. The van der Waals surface area contributed by atoms with Crippen molar-refractivity contribution in [3.63, 3.8) is 0 Å². The van der Waals surface area contributed by atoms with Gasteiger partial charge in [-0.3, -0.25) is 0 Å². The van der Waals surface area contributed by atoms with Crippen molar-refractivity contribution in [3.05, 3.63) is 34.4 Å². The molecule has 0 aliphatic rings. The second-order valence-corrected chi connectivity index (χ2v) is 3.53. The van der Waals surface area contributed by atoms with Crippen LogP contribution in [0.3, 0.4) is 0 Å². The van der Waals surface area contributed by atoms with Gasteiger partial charge in [0, 0.05) is 6.61 Å². The van der Waals surface area contributed by atoms with E-state index >= 15 is 0 Å². The number of hydrogen-bond donors (Lipinski definition) is 1. The minimum atomic E-state index is 0.204. The minimum Gasteiger partial charge on any atom is -0.396 e. The van der Waals surface area contributed by atoms with E-state index in [-0.39, 0.29) is 6.61 Å². The maximum absolute atomic E-state index is 8.86. The lowest BCUT2D eigenvalue weighted by molar-refractivity contribution is 0.288. The molecule has 0 saturated carbocycles. The second kappa shape index (κ2) is 4.78. The van der Waals surface area contributed by atoms with Crippen molar-refractivity contribution in [2.24, 2.45) is 0 Å². The summed E-state index contributed by atoms with van der Waals surface area (Å²) in [5.41, 5.74) is 4.14. The monoisotopic (exact) mass is 189 g/mol. The predicted octanol–water partition coefficient (Wildman–Crippen LogP) is 2.10. The molecule has 0 aromatic heterocycles. The first-order chi connectivity index (χ1) is 6.69. The fraction of sp³-hybridized carbons (Fsp3) is 0.417. The van der Waals surface area contributed by atoms with E-state index in [2.05, 4.69) is 6.07 Å². The molecule has 0 unspecified atom stereocenters. The van der Waals surface area contributed by atoms with Gasteiger partial charge in [0.15, 0.2) is 0 Å². The second-order valence-electron chi connectivity index (χ2n) is 3.53. The maximum atomic E-state index is 8.86. The summed E-state index contributed by atoms with van der Waals surface area (Å²) in [7, 11) is 0. The van der Waals surface area contributed by atoms with Crippen LogP contribution in [0.5, 0.6) is 0 Å². The summed E-state index contributed by atoms with van der Waals surface area (Å²) in [6, 6.07) is 6.14. The van der Waals surface area contributed by atoms with Crippen LogP contribution in [-0.4, -0.2) is 11.7 Å². The van der Waals surface area contributed by atoms with Crippen LogP contribution in [0.25, 0.3) is 0 Å². The first kappa shape index (κ1) is 10.7. The highest BCUT2D eigenvalue weighted by molar-refractivity contribution is 5.43. The third-order valence-electron chi connectivity index (χ3n) is 2.41. The number of nitriles is 1. The molecular formula is C12H15NO. The largest absolute Gasteiger partial charge is 0.396 e. The van der Waals surface area contributed by atoms with Gasteiger partial charge in [-0.2, -0.15) is 5.26 Å². The lowest BCUT2D eigenvalue weighted by atomic mass is 9.98. The topological polar surface area (TPSA) is 44.0 Å². The molecule has 14 heavy (non-hydrogen) atoms. The van der Waals surface area contributed by atoms with E-state index in [9.17, 15) is 0 Å². The first-order valence-electron chi connectivity index (χ1n) is 4.80. The molecule has 1 rings (SSSR count). The van der Waals surface area contributed by atoms with Crippen LogP contribution in [0.2, 0.25) is 0 Å². The van der Waals surface area contributed by atoms with Crippen LogP contribution in [0.15, 0.2) is 12.1 Å². The van der Waals surface area contributed by atoms with Gasteiger partial charge >= 0.3 is 0 Å². The van der Waals surface area contributed by atoms with Crippen molar-refractivity contribution < 1.29 is 5.11 Å². The van der Waals surface area contributed by atoms with E-state index in [1.54, 1.807) is 0 Å². The minimum absolute atomic E-state index is 0.204. The molecule has 0 aliphatic heterocycles. The van der Waals surface area contributed by atoms with Crippen LogP contribution in [0.4, 0.5) is 0 Å². The van der Waals surface area contributed by atoms with Crippen molar-refractivity contribution in [1.29, 1.82) is 5.26 Å². The van der Waals surface area contributed by atoms with Crippen molar-refractivity contribution in [2.45, 2.75) is 26.7 Å². The highest BCUT2D eigenvalue weighted by Gasteiger charge is 2.03. The van der Waals surface area contributed by atoms with Gasteiger partial charge in [0.2, 0.25) is 0 Å². The SMILES string of the molecule is Cc1cc(C)c(CCCO)cc1C#N. The average molecular weight is 189 g/mol. The molecule has 0 spiro atoms. The number of aryl methyl sites for hydroxylation is 3. The normalized spacial score (nSPS) is 9.86. The summed E-state index contributed by atoms with van der Waals surface area (Å²) in [4.78, 5) is 0. The van der Waals surface area contributed by atoms with Crippen LogP contribution >= 0.6 is 0 Å². The lowest BCUT2D eigenvalue weighted by Crippen LogP contribution is -1.95. The van der Waals surface area contributed by atoms with E-state index in [0.717, 1.165) is 24.0 Å². The number of aliphatic hydroxyl groups excluding tert-OH is 1. The number of hydrogen-bond acceptors (Lipinski definition) is 2. The summed E-state index contributed by atoms with van der Waals surface area (Å²) in [5.74, 6) is 0. The number of rotatable bonds is 3. The summed E-state index contributed by atoms with van der Waals surface area (Å²) < 4.78 is 0. The predicted molar refractivity (Wildman–Crippen MR) is 56.0 cm³/mol. The van der Waals surface area contributed by atoms with Crippen molar-refractivity contribution in [2.75, 3.05) is 6.61 Å². The molecule has 74 valence electrons. The lowest BCUT2D eigenvalue weighted by Gasteiger charge is -2.07. The standard InChI is InChI=1S/C12H15NO/c1-9-6-10(2)12(8-13)7-11(9)4-3-5-14/h6-7,14H,3-5H2,1-2H3. The zero-order valence-corrected chi connectivity index (χ0v) is 8.67. The Labute approximate surface area is 84.8 Å². The van der Waals surface area contributed by atoms with Gasteiger partial charge in [-0.15, -0.1) is 0 Å². The fourth-order valence-electron chi connectivity index (χ4n) is 1.56. The Morgan fingerprint density at radius 1 is 1.29 bits per heavy atom. The smallest absolute Gasteiger partial charge is 0.0994 e. The van der Waals surface area contributed by atoms with E-state index in [1.165, 1.54) is 11.1 Å². The molecular weight excluding hydrogens is 174 g/mol. The molecule has 0 aliphatic carbocycles. The van der Waals surface area contributed by atoms with Gasteiger partial charge in [-0.05, 0) is 49.4 Å². The molecule has 1 N–H and O–H groups in total. The zero-order valence-electron chi connectivity index (χ0n) is 8.67. The zero-order chi connectivity index (χ0) is 10.6. The van der Waals surface area contributed by atoms with E-state index in [4.69, 9.17) is 10.4 Å². The fourth-order valence-corrected chi connectivity index (χ4v) is 1.56. The molecule has 0 radical (unpaired) electrons. The third-order valence-corrected chi connectivity index (χ3v) is 2.41. The van der Waals surface area contributed by atoms with Gasteiger partial charge < -0.3 is 5.11 Å². The molecule has 0 heterocycles. The van der Waals surface area contributed by atoms with Gasteiger partial charge in [0.25, 0.3) is 0 Å². The quantitative estimate of drug-likeness (QED) is 0.791. The molecule has 2 heteroatoms. The van der Waals surface area contributed by atoms with Crippen molar-refractivity contribution in [3.8, 4) is 6.07 Å². The number of nitrogens with zero attached hydrogens (tertiary/aromatic N) is 1. The number of benzene rings is 1. The van der Waals surface area contributed by atoms with Crippen LogP contribution in [0.1, 0.15) is 28.7 Å². The summed E-state index contributed by atoms with van der Waals surface area (Å²) in [6.45, 7) is 4.19. The van der Waals surface area contributed by atoms with Crippen molar-refractivity contribution in [1.82, 2.24) is 0 Å². The molecule has 0 bridgehead atoms. The Hall–Kier alpha value is -1.33. The molecule has 2 nitrogen and oxygen atoms in total. The third kappa shape index (κ3) is 2.34. The average Bonchev–Trinajstić information content (AvgIpc) is 2.17. The summed E-state index contributed by atoms with van der Waals surface area (Å²) in [6.07, 6.45) is 1.60. The molecule has 0 amide bonds. The Balaban J connectivity index is 3.00. The van der Waals surface area contributed by atoms with Gasteiger partial charge in [-0.1, -0.05) is 6.07 Å². The van der Waals surface area contributed by atoms with Gasteiger partial charge in [0.1, 0.15) is 0 Å². The van der Waals surface area contributed by atoms with Crippen molar-refractivity contribution >= 4 is 0 Å². The van der Waals surface area contributed by atoms with Gasteiger partial charge in [-0.25, -0.2) is 0 Å². The molecule has 0 atom stereocenters. The Morgan fingerprint density at radius 2 is 2.00 bits per heavy atom. The Bertz CT molecular complexity index is 363. The van der Waals surface area contributed by atoms with E-state index in [0.29, 0.717) is 0 Å². The molecule has 0 fully saturated rings. The first-order valence-corrected chi connectivity index (χ1v) is 4.80. The Morgan fingerprint density at radius 3 is 2.57 bits per heavy atom. The van der Waals surface area contributed by atoms with Crippen LogP contribution < -0.4 is 0 Å². The van der Waals surface area contributed by atoms with E-state index in [1.807, 2.05) is 26.0 Å². The van der Waals surface area contributed by atoms with E-state index < -0.39 is 0 Å². The summed E-state index contributed by atoms with van der Waals surface area (Å²) >= 11 is 0.